The van der Waals surface area contributed by atoms with Gasteiger partial charge in [-0.25, -0.2) is 0 Å². The molecule has 19 heavy (non-hydrogen) atoms. The van der Waals surface area contributed by atoms with Crippen molar-refractivity contribution in [2.75, 3.05) is 0 Å². The van der Waals surface area contributed by atoms with Gasteiger partial charge in [0.25, 0.3) is 0 Å². The van der Waals surface area contributed by atoms with Crippen LogP contribution in [0.3, 0.4) is 0 Å². The van der Waals surface area contributed by atoms with Crippen LogP contribution in [0.4, 0.5) is 0 Å². The van der Waals surface area contributed by atoms with Gasteiger partial charge in [-0.05, 0) is 29.8 Å². The van der Waals surface area contributed by atoms with Gasteiger partial charge in [0.05, 0.1) is 11.7 Å². The van der Waals surface area contributed by atoms with Gasteiger partial charge in [0.1, 0.15) is 5.76 Å². The fourth-order valence-electron chi connectivity index (χ4n) is 1.96. The van der Waals surface area contributed by atoms with Crippen LogP contribution in [0, 0.1) is 6.92 Å². The molecule has 0 unspecified atom stereocenters. The first-order valence-electron chi connectivity index (χ1n) is 6.05. The second-order valence-corrected chi connectivity index (χ2v) is 6.23. The summed E-state index contributed by atoms with van der Waals surface area (Å²) in [7, 11) is 0. The van der Waals surface area contributed by atoms with E-state index in [0.29, 0.717) is 6.54 Å². The summed E-state index contributed by atoms with van der Waals surface area (Å²) in [6, 6.07) is 10.7. The lowest BCUT2D eigenvalue weighted by Gasteiger charge is -2.15. The van der Waals surface area contributed by atoms with E-state index >= 15 is 0 Å². The van der Waals surface area contributed by atoms with Crippen molar-refractivity contribution in [2.45, 2.75) is 19.5 Å². The first-order valence-corrected chi connectivity index (χ1v) is 7.81. The molecule has 0 bridgehead atoms. The fourth-order valence-corrected chi connectivity index (χ4v) is 3.67. The average molecular weight is 290 g/mol. The van der Waals surface area contributed by atoms with E-state index in [9.17, 15) is 0 Å². The summed E-state index contributed by atoms with van der Waals surface area (Å²) in [6.07, 6.45) is 0. The molecule has 0 aliphatic heterocycles. The number of thiophene rings is 2. The quantitative estimate of drug-likeness (QED) is 0.772. The molecule has 0 aromatic carbocycles. The summed E-state index contributed by atoms with van der Waals surface area (Å²) >= 11 is 3.54. The van der Waals surface area contributed by atoms with Gasteiger partial charge in [-0.15, -0.1) is 22.7 Å². The van der Waals surface area contributed by atoms with Gasteiger partial charge < -0.3 is 4.52 Å². The summed E-state index contributed by atoms with van der Waals surface area (Å²) in [5.74, 6) is 0.848. The largest absolute Gasteiger partial charge is 0.361 e. The summed E-state index contributed by atoms with van der Waals surface area (Å²) in [5, 5.41) is 11.8. The Bertz CT molecular complexity index is 579. The molecule has 0 saturated heterocycles. The predicted octanol–water partition coefficient (Wildman–Crippen LogP) is 3.99. The van der Waals surface area contributed by atoms with E-state index < -0.39 is 0 Å². The van der Waals surface area contributed by atoms with Crippen molar-refractivity contribution in [3.63, 3.8) is 0 Å². The molecule has 0 spiro atoms. The van der Waals surface area contributed by atoms with Gasteiger partial charge in [-0.2, -0.15) is 0 Å². The number of hydrogen-bond acceptors (Lipinski definition) is 5. The molecule has 0 saturated carbocycles. The summed E-state index contributed by atoms with van der Waals surface area (Å²) in [4.78, 5) is 2.64. The first kappa shape index (κ1) is 12.6. The molecule has 0 aliphatic carbocycles. The van der Waals surface area contributed by atoms with E-state index in [1.807, 2.05) is 13.0 Å². The Morgan fingerprint density at radius 2 is 1.89 bits per heavy atom. The molecule has 5 heteroatoms. The second kappa shape index (κ2) is 5.69. The van der Waals surface area contributed by atoms with Crippen LogP contribution in [-0.4, -0.2) is 5.16 Å². The average Bonchev–Trinajstić information content (AvgIpc) is 3.11. The van der Waals surface area contributed by atoms with Crippen LogP contribution in [0.1, 0.15) is 27.3 Å². The Kier molecular flexibility index (Phi) is 3.77. The number of nitrogens with one attached hydrogen (secondary N) is 1. The highest BCUT2D eigenvalue weighted by molar-refractivity contribution is 7.11. The number of aryl methyl sites for hydroxylation is 1. The molecule has 0 amide bonds. The molecule has 3 rings (SSSR count). The van der Waals surface area contributed by atoms with Gasteiger partial charge >= 0.3 is 0 Å². The zero-order valence-electron chi connectivity index (χ0n) is 10.5. The Balaban J connectivity index is 1.77. The maximum atomic E-state index is 5.09. The summed E-state index contributed by atoms with van der Waals surface area (Å²) in [5.41, 5.74) is 0.940. The van der Waals surface area contributed by atoms with E-state index in [1.54, 1.807) is 22.7 Å². The zero-order chi connectivity index (χ0) is 13.1. The van der Waals surface area contributed by atoms with Crippen molar-refractivity contribution >= 4 is 22.7 Å². The zero-order valence-corrected chi connectivity index (χ0v) is 12.1. The van der Waals surface area contributed by atoms with Crippen molar-refractivity contribution < 1.29 is 4.52 Å². The van der Waals surface area contributed by atoms with Crippen molar-refractivity contribution in [3.05, 3.63) is 62.3 Å². The van der Waals surface area contributed by atoms with Crippen LogP contribution in [0.2, 0.25) is 0 Å². The van der Waals surface area contributed by atoms with E-state index in [-0.39, 0.29) is 6.04 Å². The number of aromatic nitrogens is 1. The molecule has 1 N–H and O–H groups in total. The van der Waals surface area contributed by atoms with Gasteiger partial charge in [0, 0.05) is 22.4 Å². The number of hydrogen-bond donors (Lipinski definition) is 1. The molecule has 0 fully saturated rings. The molecule has 0 aliphatic rings. The highest BCUT2D eigenvalue weighted by atomic mass is 32.1. The standard InChI is InChI=1S/C14H14N2OS2/c1-10-8-11(16-17-10)9-15-14(12-4-2-6-18-12)13-5-3-7-19-13/h2-8,14-15H,9H2,1H3. The number of nitrogens with zero attached hydrogens (tertiary/aromatic N) is 1. The minimum absolute atomic E-state index is 0.233. The topological polar surface area (TPSA) is 38.1 Å². The van der Waals surface area contributed by atoms with Crippen molar-refractivity contribution in [1.29, 1.82) is 0 Å². The third-order valence-corrected chi connectivity index (χ3v) is 4.69. The van der Waals surface area contributed by atoms with Crippen LogP contribution in [0.15, 0.2) is 45.6 Å². The second-order valence-electron chi connectivity index (χ2n) is 4.27. The SMILES string of the molecule is Cc1cc(CNC(c2cccs2)c2cccs2)no1. The highest BCUT2D eigenvalue weighted by Crippen LogP contribution is 2.29. The Morgan fingerprint density at radius 3 is 2.37 bits per heavy atom. The molecule has 3 aromatic heterocycles. The minimum Gasteiger partial charge on any atom is -0.361 e. The van der Waals surface area contributed by atoms with Crippen LogP contribution in [-0.2, 0) is 6.54 Å². The van der Waals surface area contributed by atoms with Crippen LogP contribution in [0.5, 0.6) is 0 Å². The molecule has 3 aromatic rings. The van der Waals surface area contributed by atoms with Crippen molar-refractivity contribution in [1.82, 2.24) is 10.5 Å². The van der Waals surface area contributed by atoms with E-state index in [2.05, 4.69) is 45.5 Å². The molecular formula is C14H14N2OS2. The van der Waals surface area contributed by atoms with E-state index in [4.69, 9.17) is 4.52 Å². The van der Waals surface area contributed by atoms with E-state index in [1.165, 1.54) is 9.75 Å². The molecule has 98 valence electrons. The normalized spacial score (nSPS) is 11.3. The summed E-state index contributed by atoms with van der Waals surface area (Å²) < 4.78 is 5.09. The Morgan fingerprint density at radius 1 is 1.21 bits per heavy atom. The van der Waals surface area contributed by atoms with Crippen LogP contribution in [0.25, 0.3) is 0 Å². The lowest BCUT2D eigenvalue weighted by molar-refractivity contribution is 0.387. The Hall–Kier alpha value is -1.43. The monoisotopic (exact) mass is 290 g/mol. The molecule has 3 heterocycles. The maximum absolute atomic E-state index is 5.09. The third kappa shape index (κ3) is 2.94. The molecule has 3 nitrogen and oxygen atoms in total. The van der Waals surface area contributed by atoms with Gasteiger partial charge in [0.15, 0.2) is 0 Å². The summed E-state index contributed by atoms with van der Waals surface area (Å²) in [6.45, 7) is 2.62. The smallest absolute Gasteiger partial charge is 0.133 e. The minimum atomic E-state index is 0.233. The Labute approximate surface area is 119 Å². The van der Waals surface area contributed by atoms with Crippen LogP contribution < -0.4 is 5.32 Å². The van der Waals surface area contributed by atoms with Gasteiger partial charge in [-0.1, -0.05) is 17.3 Å². The van der Waals surface area contributed by atoms with E-state index in [0.717, 1.165) is 11.5 Å². The lowest BCUT2D eigenvalue weighted by Crippen LogP contribution is -2.20. The van der Waals surface area contributed by atoms with Gasteiger partial charge in [0.2, 0.25) is 0 Å². The number of rotatable bonds is 5. The highest BCUT2D eigenvalue weighted by Gasteiger charge is 2.16. The fraction of sp³-hybridized carbons (Fsp3) is 0.214. The van der Waals surface area contributed by atoms with Crippen LogP contribution >= 0.6 is 22.7 Å². The van der Waals surface area contributed by atoms with Crippen molar-refractivity contribution in [2.24, 2.45) is 0 Å². The third-order valence-electron chi connectivity index (χ3n) is 2.82. The van der Waals surface area contributed by atoms with Crippen molar-refractivity contribution in [3.8, 4) is 0 Å². The maximum Gasteiger partial charge on any atom is 0.133 e. The predicted molar refractivity (Wildman–Crippen MR) is 78.6 cm³/mol. The lowest BCUT2D eigenvalue weighted by atomic mass is 10.2. The molecule has 0 radical (unpaired) electrons. The molecular weight excluding hydrogens is 276 g/mol. The molecule has 0 atom stereocenters. The van der Waals surface area contributed by atoms with Gasteiger partial charge in [-0.3, -0.25) is 5.32 Å². The first-order chi connectivity index (χ1) is 9.33.